The Bertz CT molecular complexity index is 1790. The number of alkyl halides is 2. The second-order valence-electron chi connectivity index (χ2n) is 14.4. The predicted octanol–water partition coefficient (Wildman–Crippen LogP) is 6.56. The van der Waals surface area contributed by atoms with Crippen molar-refractivity contribution in [2.45, 2.75) is 102 Å². The molecule has 1 aliphatic carbocycles. The third kappa shape index (κ3) is 7.90. The fourth-order valence-corrected chi connectivity index (χ4v) is 8.51. The summed E-state index contributed by atoms with van der Waals surface area (Å²) in [5, 5.41) is 2.97. The maximum Gasteiger partial charge on any atom is 0.254 e. The molecule has 10 nitrogen and oxygen atoms in total. The van der Waals surface area contributed by atoms with Crippen LogP contribution < -0.4 is 25.2 Å². The minimum absolute atomic E-state index is 0.00894. The molecule has 1 amide bonds. The molecule has 6 rings (SSSR count). The first-order chi connectivity index (χ1) is 24.3. The Kier molecular flexibility index (Phi) is 11.0. The minimum Gasteiger partial charge on any atom is -0.448 e. The molecule has 3 aromatic rings. The van der Waals surface area contributed by atoms with Gasteiger partial charge in [0.15, 0.2) is 11.5 Å². The number of amides is 1. The van der Waals surface area contributed by atoms with Crippen molar-refractivity contribution in [2.75, 3.05) is 37.8 Å². The molecule has 2 fully saturated rings. The topological polar surface area (TPSA) is 109 Å². The molecule has 3 atom stereocenters. The number of aromatic nitrogens is 2. The molecule has 2 N–H and O–H groups in total. The fourth-order valence-electron chi connectivity index (χ4n) is 7.81. The summed E-state index contributed by atoms with van der Waals surface area (Å²) in [4.78, 5) is 39.2. The molecular formula is C38H49F2N5O5S. The number of fused-ring (bicyclic) bond motifs is 1. The van der Waals surface area contributed by atoms with Gasteiger partial charge in [-0.3, -0.25) is 14.5 Å². The molecule has 13 heteroatoms. The Morgan fingerprint density at radius 3 is 2.43 bits per heavy atom. The average Bonchev–Trinajstić information content (AvgIpc) is 3.46. The highest BCUT2D eigenvalue weighted by molar-refractivity contribution is 7.98. The number of aromatic amines is 1. The van der Waals surface area contributed by atoms with Gasteiger partial charge in [0.2, 0.25) is 0 Å². The molecule has 1 saturated carbocycles. The number of pyridine rings is 2. The quantitative estimate of drug-likeness (QED) is 0.225. The first-order valence-corrected chi connectivity index (χ1v) is 18.9. The van der Waals surface area contributed by atoms with E-state index < -0.39 is 12.2 Å². The lowest BCUT2D eigenvalue weighted by atomic mass is 9.81. The molecule has 0 radical (unpaired) electrons. The number of halogens is 2. The number of hydrogen-bond acceptors (Lipinski definition) is 9. The number of carbonyl (C=O) groups is 1. The smallest absolute Gasteiger partial charge is 0.254 e. The van der Waals surface area contributed by atoms with Crippen molar-refractivity contribution in [3.63, 3.8) is 0 Å². The van der Waals surface area contributed by atoms with Gasteiger partial charge in [-0.05, 0) is 90.9 Å². The number of anilines is 1. The maximum absolute atomic E-state index is 13.9. The zero-order valence-electron chi connectivity index (χ0n) is 30.5. The van der Waals surface area contributed by atoms with Crippen LogP contribution in [0.25, 0.3) is 11.1 Å². The van der Waals surface area contributed by atoms with Gasteiger partial charge in [0.05, 0.1) is 18.8 Å². The van der Waals surface area contributed by atoms with Crippen LogP contribution in [0.15, 0.2) is 40.2 Å². The summed E-state index contributed by atoms with van der Waals surface area (Å²) in [6.07, 6.45) is 4.51. The van der Waals surface area contributed by atoms with E-state index in [1.807, 2.05) is 51.3 Å². The lowest BCUT2D eigenvalue weighted by molar-refractivity contribution is -0.124. The SMILES string of the molecule is CSc1cc(C)[nH]c(=O)c1CNC(=O)c1cc(-c2ccc(N3C[C@@H](C)O[C@@H](C)C3)nc2)c2c(c1C)OC(C)([C@H]1CC[C@H](N(C)CC(F)F)CC1)O2. The van der Waals surface area contributed by atoms with Gasteiger partial charge in [0, 0.05) is 83.1 Å². The summed E-state index contributed by atoms with van der Waals surface area (Å²) >= 11 is 1.46. The monoisotopic (exact) mass is 725 g/mol. The van der Waals surface area contributed by atoms with Crippen molar-refractivity contribution in [1.82, 2.24) is 20.2 Å². The van der Waals surface area contributed by atoms with Crippen LogP contribution >= 0.6 is 11.8 Å². The normalized spacial score (nSPS) is 24.7. The van der Waals surface area contributed by atoms with Gasteiger partial charge >= 0.3 is 0 Å². The van der Waals surface area contributed by atoms with Gasteiger partial charge in [0.25, 0.3) is 23.7 Å². The van der Waals surface area contributed by atoms with Crippen LogP contribution in [0.2, 0.25) is 0 Å². The van der Waals surface area contributed by atoms with Crippen LogP contribution in [0.5, 0.6) is 11.5 Å². The summed E-state index contributed by atoms with van der Waals surface area (Å²) in [6, 6.07) is 7.76. The zero-order valence-corrected chi connectivity index (χ0v) is 31.3. The standard InChI is InChI=1S/C38H49F2N5O5S/c1-21-14-31(51-7)30(37(47)43-21)17-42-36(46)28-15-29(25-8-13-33(41-16-25)45-18-22(2)48-23(3)19-45)35-34(24(28)4)49-38(5,50-35)26-9-11-27(12-10-26)44(6)20-32(39)40/h8,13-16,22-23,26-27,32H,9-12,17-20H2,1-7H3,(H,42,46)(H,43,47)/t22-,23+,26-,27-,38?. The molecular weight excluding hydrogens is 677 g/mol. The number of hydrogen-bond donors (Lipinski definition) is 2. The number of benzene rings is 1. The number of thioether (sulfide) groups is 1. The van der Waals surface area contributed by atoms with Crippen LogP contribution in [0.3, 0.4) is 0 Å². The summed E-state index contributed by atoms with van der Waals surface area (Å²) < 4.78 is 45.6. The van der Waals surface area contributed by atoms with Crippen molar-refractivity contribution >= 4 is 23.5 Å². The molecule has 51 heavy (non-hydrogen) atoms. The van der Waals surface area contributed by atoms with Gasteiger partial charge in [-0.1, -0.05) is 0 Å². The van der Waals surface area contributed by atoms with E-state index >= 15 is 0 Å². The Balaban J connectivity index is 1.31. The van der Waals surface area contributed by atoms with E-state index in [9.17, 15) is 18.4 Å². The Morgan fingerprint density at radius 1 is 1.12 bits per heavy atom. The number of carbonyl (C=O) groups excluding carboxylic acids is 1. The van der Waals surface area contributed by atoms with Gasteiger partial charge in [-0.25, -0.2) is 13.8 Å². The van der Waals surface area contributed by atoms with Crippen molar-refractivity contribution in [3.05, 3.63) is 63.2 Å². The number of rotatable bonds is 10. The lowest BCUT2D eigenvalue weighted by Gasteiger charge is -2.39. The third-order valence-corrected chi connectivity index (χ3v) is 11.3. The highest BCUT2D eigenvalue weighted by atomic mass is 32.2. The first kappa shape index (κ1) is 37.1. The van der Waals surface area contributed by atoms with Gasteiger partial charge < -0.3 is 29.4 Å². The predicted molar refractivity (Wildman–Crippen MR) is 195 cm³/mol. The molecule has 1 unspecified atom stereocenters. The zero-order chi connectivity index (χ0) is 36.6. The Labute approximate surface area is 302 Å². The second-order valence-corrected chi connectivity index (χ2v) is 15.2. The molecule has 276 valence electrons. The van der Waals surface area contributed by atoms with E-state index in [2.05, 4.69) is 29.0 Å². The van der Waals surface area contributed by atoms with E-state index in [0.29, 0.717) is 33.8 Å². The molecule has 1 saturated heterocycles. The highest BCUT2D eigenvalue weighted by Gasteiger charge is 2.48. The van der Waals surface area contributed by atoms with Gasteiger partial charge in [-0.15, -0.1) is 11.8 Å². The molecule has 4 heterocycles. The molecule has 0 bridgehead atoms. The first-order valence-electron chi connectivity index (χ1n) is 17.7. The number of nitrogens with zero attached hydrogens (tertiary/aromatic N) is 3. The summed E-state index contributed by atoms with van der Waals surface area (Å²) in [5.74, 6) is 0.533. The van der Waals surface area contributed by atoms with Crippen LogP contribution in [-0.2, 0) is 11.3 Å². The Morgan fingerprint density at radius 2 is 1.80 bits per heavy atom. The molecule has 1 aromatic carbocycles. The number of morpholine rings is 1. The van der Waals surface area contributed by atoms with Crippen LogP contribution in [0, 0.1) is 19.8 Å². The molecule has 2 aromatic heterocycles. The summed E-state index contributed by atoms with van der Waals surface area (Å²) in [6.45, 7) is 11.0. The largest absolute Gasteiger partial charge is 0.448 e. The molecule has 2 aliphatic heterocycles. The maximum atomic E-state index is 13.9. The van der Waals surface area contributed by atoms with Crippen LogP contribution in [0.4, 0.5) is 14.6 Å². The molecule has 0 spiro atoms. The van der Waals surface area contributed by atoms with Crippen molar-refractivity contribution in [1.29, 1.82) is 0 Å². The van der Waals surface area contributed by atoms with E-state index in [1.165, 1.54) is 11.8 Å². The number of ether oxygens (including phenoxy) is 3. The van der Waals surface area contributed by atoms with Crippen LogP contribution in [0.1, 0.15) is 73.6 Å². The van der Waals surface area contributed by atoms with Gasteiger partial charge in [-0.2, -0.15) is 0 Å². The second kappa shape index (κ2) is 15.1. The van der Waals surface area contributed by atoms with Crippen molar-refractivity contribution < 1.29 is 27.8 Å². The van der Waals surface area contributed by atoms with E-state index in [1.54, 1.807) is 18.1 Å². The third-order valence-electron chi connectivity index (χ3n) is 10.5. The van der Waals surface area contributed by atoms with Crippen LogP contribution in [-0.4, -0.2) is 84.2 Å². The summed E-state index contributed by atoms with van der Waals surface area (Å²) in [5.41, 5.74) is 3.49. The fraction of sp³-hybridized carbons (Fsp3) is 0.553. The Hall–Kier alpha value is -3.68. The lowest BCUT2D eigenvalue weighted by Crippen LogP contribution is -2.47. The highest BCUT2D eigenvalue weighted by Crippen LogP contribution is 2.53. The number of H-pyrrole nitrogens is 1. The van der Waals surface area contributed by atoms with E-state index in [-0.39, 0.29) is 48.7 Å². The van der Waals surface area contributed by atoms with Crippen molar-refractivity contribution in [2.24, 2.45) is 5.92 Å². The number of aryl methyl sites for hydroxylation is 1. The van der Waals surface area contributed by atoms with Crippen molar-refractivity contribution in [3.8, 4) is 22.6 Å². The minimum atomic E-state index is -2.37. The summed E-state index contributed by atoms with van der Waals surface area (Å²) in [7, 11) is 1.76. The van der Waals surface area contributed by atoms with E-state index in [0.717, 1.165) is 60.7 Å². The van der Waals surface area contributed by atoms with E-state index in [4.69, 9.17) is 19.2 Å². The number of nitrogens with one attached hydrogen (secondary N) is 2. The average molecular weight is 726 g/mol. The van der Waals surface area contributed by atoms with Gasteiger partial charge in [0.1, 0.15) is 5.82 Å². The molecule has 3 aliphatic rings.